The maximum absolute atomic E-state index is 13.1. The van der Waals surface area contributed by atoms with Gasteiger partial charge >= 0.3 is 0 Å². The van der Waals surface area contributed by atoms with Crippen LogP contribution < -0.4 is 9.46 Å². The van der Waals surface area contributed by atoms with E-state index in [4.69, 9.17) is 4.74 Å². The third kappa shape index (κ3) is 5.90. The Labute approximate surface area is 198 Å². The van der Waals surface area contributed by atoms with E-state index in [0.29, 0.717) is 18.7 Å². The number of benzene rings is 3. The first-order chi connectivity index (χ1) is 16.2. The predicted octanol–water partition coefficient (Wildman–Crippen LogP) is 4.46. The van der Waals surface area contributed by atoms with Crippen LogP contribution >= 0.6 is 0 Å². The SMILES string of the molecule is CCCN(Cc1ccccc1)C(=O)c1ccc(S(=O)(=O)Nc2cc([N+](=O)[O-])ccc2OC)cc1. The minimum atomic E-state index is -4.09. The molecule has 0 heterocycles. The van der Waals surface area contributed by atoms with Gasteiger partial charge in [0.05, 0.1) is 22.6 Å². The summed E-state index contributed by atoms with van der Waals surface area (Å²) in [6.07, 6.45) is 0.778. The minimum Gasteiger partial charge on any atom is -0.495 e. The number of carbonyl (C=O) groups is 1. The van der Waals surface area contributed by atoms with E-state index in [-0.39, 0.29) is 27.9 Å². The van der Waals surface area contributed by atoms with Crippen LogP contribution in [0, 0.1) is 10.1 Å². The van der Waals surface area contributed by atoms with Gasteiger partial charge < -0.3 is 9.64 Å². The van der Waals surface area contributed by atoms with Crippen molar-refractivity contribution in [3.05, 3.63) is 94.0 Å². The third-order valence-electron chi connectivity index (χ3n) is 5.05. The summed E-state index contributed by atoms with van der Waals surface area (Å²) in [6, 6.07) is 18.8. The maximum atomic E-state index is 13.1. The molecule has 0 bridgehead atoms. The molecule has 0 aliphatic carbocycles. The van der Waals surface area contributed by atoms with Crippen LogP contribution in [0.15, 0.2) is 77.7 Å². The molecule has 0 saturated carbocycles. The standard InChI is InChI=1S/C24H25N3O6S/c1-3-15-26(17-18-7-5-4-6-8-18)24(28)19-9-12-21(13-10-19)34(31,32)25-22-16-20(27(29)30)11-14-23(22)33-2/h4-14,16,25H,3,15,17H2,1-2H3. The van der Waals surface area contributed by atoms with Gasteiger partial charge in [-0.05, 0) is 42.3 Å². The summed E-state index contributed by atoms with van der Waals surface area (Å²) in [6.45, 7) is 2.98. The van der Waals surface area contributed by atoms with Crippen LogP contribution in [0.25, 0.3) is 0 Å². The number of nitrogens with zero attached hydrogens (tertiary/aromatic N) is 2. The smallest absolute Gasteiger partial charge is 0.271 e. The van der Waals surface area contributed by atoms with Crippen molar-refractivity contribution in [1.82, 2.24) is 4.90 Å². The second-order valence-electron chi connectivity index (χ2n) is 7.48. The second kappa shape index (κ2) is 10.8. The highest BCUT2D eigenvalue weighted by atomic mass is 32.2. The molecule has 0 aliphatic heterocycles. The summed E-state index contributed by atoms with van der Waals surface area (Å²) in [4.78, 5) is 25.1. The molecule has 1 N–H and O–H groups in total. The van der Waals surface area contributed by atoms with Crippen LogP contribution in [0.2, 0.25) is 0 Å². The molecular formula is C24H25N3O6S. The van der Waals surface area contributed by atoms with Gasteiger partial charge in [-0.1, -0.05) is 37.3 Å². The van der Waals surface area contributed by atoms with Gasteiger partial charge in [0, 0.05) is 30.8 Å². The van der Waals surface area contributed by atoms with Gasteiger partial charge in [-0.3, -0.25) is 19.6 Å². The van der Waals surface area contributed by atoms with Gasteiger partial charge in [0.1, 0.15) is 5.75 Å². The highest BCUT2D eigenvalue weighted by Crippen LogP contribution is 2.31. The Balaban J connectivity index is 1.82. The number of nitrogens with one attached hydrogen (secondary N) is 1. The Morgan fingerprint density at radius 3 is 2.32 bits per heavy atom. The van der Waals surface area contributed by atoms with E-state index in [0.717, 1.165) is 18.1 Å². The monoisotopic (exact) mass is 483 g/mol. The second-order valence-corrected chi connectivity index (χ2v) is 9.17. The van der Waals surface area contributed by atoms with Gasteiger partial charge in [-0.15, -0.1) is 0 Å². The lowest BCUT2D eigenvalue weighted by molar-refractivity contribution is -0.384. The quantitative estimate of drug-likeness (QED) is 0.336. The van der Waals surface area contributed by atoms with Crippen molar-refractivity contribution in [3.63, 3.8) is 0 Å². The lowest BCUT2D eigenvalue weighted by Gasteiger charge is -2.22. The minimum absolute atomic E-state index is 0.0613. The van der Waals surface area contributed by atoms with Gasteiger partial charge in [0.2, 0.25) is 0 Å². The van der Waals surface area contributed by atoms with E-state index < -0.39 is 14.9 Å². The number of amides is 1. The summed E-state index contributed by atoms with van der Waals surface area (Å²) in [5, 5.41) is 11.1. The highest BCUT2D eigenvalue weighted by Gasteiger charge is 2.21. The zero-order valence-electron chi connectivity index (χ0n) is 18.8. The molecule has 3 aromatic rings. The van der Waals surface area contributed by atoms with E-state index in [9.17, 15) is 23.3 Å². The molecule has 0 radical (unpaired) electrons. The van der Waals surface area contributed by atoms with Crippen LogP contribution in [0.5, 0.6) is 5.75 Å². The summed E-state index contributed by atoms with van der Waals surface area (Å²) in [5.74, 6) is -0.0694. The van der Waals surface area contributed by atoms with E-state index >= 15 is 0 Å². The zero-order chi connectivity index (χ0) is 24.7. The topological polar surface area (TPSA) is 119 Å². The molecule has 3 aromatic carbocycles. The van der Waals surface area contributed by atoms with Crippen molar-refractivity contribution in [2.75, 3.05) is 18.4 Å². The Bertz CT molecular complexity index is 1260. The molecule has 0 unspecified atom stereocenters. The van der Waals surface area contributed by atoms with Gasteiger partial charge in [0.15, 0.2) is 0 Å². The summed E-state index contributed by atoms with van der Waals surface area (Å²) in [5.41, 5.74) is 1.01. The van der Waals surface area contributed by atoms with Crippen LogP contribution in [0.3, 0.4) is 0 Å². The predicted molar refractivity (Wildman–Crippen MR) is 128 cm³/mol. The van der Waals surface area contributed by atoms with Crippen LogP contribution in [0.1, 0.15) is 29.3 Å². The molecule has 3 rings (SSSR count). The highest BCUT2D eigenvalue weighted by molar-refractivity contribution is 7.92. The number of nitro benzene ring substituents is 1. The molecule has 0 aromatic heterocycles. The molecule has 0 saturated heterocycles. The number of carbonyl (C=O) groups excluding carboxylic acids is 1. The average molecular weight is 484 g/mol. The number of non-ortho nitro benzene ring substituents is 1. The molecule has 178 valence electrons. The summed E-state index contributed by atoms with van der Waals surface area (Å²) in [7, 11) is -2.76. The number of sulfonamides is 1. The van der Waals surface area contributed by atoms with Crippen molar-refractivity contribution in [2.45, 2.75) is 24.8 Å². The number of anilines is 1. The molecule has 10 heteroatoms. The average Bonchev–Trinajstić information content (AvgIpc) is 2.83. The Morgan fingerprint density at radius 2 is 1.74 bits per heavy atom. The van der Waals surface area contributed by atoms with Crippen molar-refractivity contribution in [2.24, 2.45) is 0 Å². The molecule has 9 nitrogen and oxygen atoms in total. The van der Waals surface area contributed by atoms with Crippen LogP contribution in [-0.4, -0.2) is 37.8 Å². The molecular weight excluding hydrogens is 458 g/mol. The number of nitro groups is 1. The Kier molecular flexibility index (Phi) is 7.85. The molecule has 1 amide bonds. The molecule has 0 spiro atoms. The fraction of sp³-hybridized carbons (Fsp3) is 0.208. The first-order valence-electron chi connectivity index (χ1n) is 10.5. The Morgan fingerprint density at radius 1 is 1.06 bits per heavy atom. The number of hydrogen-bond donors (Lipinski definition) is 1. The van der Waals surface area contributed by atoms with Crippen molar-refractivity contribution < 1.29 is 22.9 Å². The van der Waals surface area contributed by atoms with Crippen molar-refractivity contribution in [3.8, 4) is 5.75 Å². The number of ether oxygens (including phenoxy) is 1. The zero-order valence-corrected chi connectivity index (χ0v) is 19.6. The molecule has 0 aliphatic rings. The lowest BCUT2D eigenvalue weighted by Crippen LogP contribution is -2.31. The molecule has 34 heavy (non-hydrogen) atoms. The maximum Gasteiger partial charge on any atom is 0.271 e. The number of rotatable bonds is 10. The third-order valence-corrected chi connectivity index (χ3v) is 6.43. The first kappa shape index (κ1) is 24.7. The fourth-order valence-electron chi connectivity index (χ4n) is 3.38. The van der Waals surface area contributed by atoms with Gasteiger partial charge in [0.25, 0.3) is 21.6 Å². The Hall–Kier alpha value is -3.92. The number of methoxy groups -OCH3 is 1. The van der Waals surface area contributed by atoms with E-state index in [1.165, 1.54) is 43.5 Å². The van der Waals surface area contributed by atoms with Crippen molar-refractivity contribution in [1.29, 1.82) is 0 Å². The first-order valence-corrected chi connectivity index (χ1v) is 12.0. The molecule has 0 atom stereocenters. The van der Waals surface area contributed by atoms with E-state index in [1.54, 1.807) is 4.90 Å². The van der Waals surface area contributed by atoms with Crippen LogP contribution in [-0.2, 0) is 16.6 Å². The number of hydrogen-bond acceptors (Lipinski definition) is 6. The lowest BCUT2D eigenvalue weighted by atomic mass is 10.1. The van der Waals surface area contributed by atoms with Gasteiger partial charge in [-0.2, -0.15) is 0 Å². The van der Waals surface area contributed by atoms with E-state index in [2.05, 4.69) is 4.72 Å². The summed E-state index contributed by atoms with van der Waals surface area (Å²) >= 11 is 0. The normalized spacial score (nSPS) is 11.0. The van der Waals surface area contributed by atoms with Crippen molar-refractivity contribution >= 4 is 27.3 Å². The summed E-state index contributed by atoms with van der Waals surface area (Å²) < 4.78 is 33.2. The van der Waals surface area contributed by atoms with Gasteiger partial charge in [-0.25, -0.2) is 8.42 Å². The molecule has 0 fully saturated rings. The largest absolute Gasteiger partial charge is 0.495 e. The van der Waals surface area contributed by atoms with Crippen LogP contribution in [0.4, 0.5) is 11.4 Å². The van der Waals surface area contributed by atoms with E-state index in [1.807, 2.05) is 37.3 Å². The fourth-order valence-corrected chi connectivity index (χ4v) is 4.44.